The number of hydrogen-bond acceptors (Lipinski definition) is 3. The lowest BCUT2D eigenvalue weighted by atomic mass is 10.1. The Hall–Kier alpha value is -2.31. The van der Waals surface area contributed by atoms with Crippen LogP contribution in [0.25, 0.3) is 22.5 Å². The molecule has 1 heterocycles. The number of thioether (sulfide) groups is 1. The van der Waals surface area contributed by atoms with Crippen LogP contribution in [0, 0.1) is 0 Å². The number of nitrogens with zero attached hydrogens (tertiary/aromatic N) is 2. The lowest BCUT2D eigenvalue weighted by Gasteiger charge is -2.26. The van der Waals surface area contributed by atoms with E-state index < -0.39 is 0 Å². The van der Waals surface area contributed by atoms with Crippen molar-refractivity contribution in [3.63, 3.8) is 0 Å². The van der Waals surface area contributed by atoms with E-state index in [1.54, 1.807) is 0 Å². The quantitative estimate of drug-likeness (QED) is 0.103. The Balaban J connectivity index is 1.48. The van der Waals surface area contributed by atoms with Gasteiger partial charge in [-0.3, -0.25) is 0 Å². The molecule has 0 atom stereocenters. The molecule has 1 aromatic heterocycles. The van der Waals surface area contributed by atoms with Crippen LogP contribution < -0.4 is 5.32 Å². The van der Waals surface area contributed by atoms with Crippen molar-refractivity contribution in [1.82, 2.24) is 20.2 Å². The first kappa shape index (κ1) is 29.2. The monoisotopic (exact) mass is 536 g/mol. The molecular weight excluding hydrogens is 493 g/mol. The maximum Gasteiger partial charge on any atom is 0.168 e. The number of aromatic nitrogens is 2. The number of H-pyrrole nitrogens is 1. The summed E-state index contributed by atoms with van der Waals surface area (Å²) in [5.74, 6) is 1.06. The first-order chi connectivity index (χ1) is 18.2. The van der Waals surface area contributed by atoms with E-state index in [1.165, 1.54) is 56.9 Å². The summed E-state index contributed by atoms with van der Waals surface area (Å²) in [6, 6.07) is 21.0. The summed E-state index contributed by atoms with van der Waals surface area (Å²) >= 11 is 7.52. The molecule has 200 valence electrons. The third-order valence-electron chi connectivity index (χ3n) is 6.45. The first-order valence-corrected chi connectivity index (χ1v) is 15.5. The SMILES string of the molecule is CCCCCCCN(CCCCCSc1nc(-c2ccccc2)c(-c2ccccc2)[nH]1)C(=S)NCCC. The van der Waals surface area contributed by atoms with Gasteiger partial charge < -0.3 is 15.2 Å². The molecule has 6 heteroatoms. The van der Waals surface area contributed by atoms with E-state index in [9.17, 15) is 0 Å². The molecule has 0 aliphatic rings. The van der Waals surface area contributed by atoms with Crippen LogP contribution in [0.2, 0.25) is 0 Å². The summed E-state index contributed by atoms with van der Waals surface area (Å²) < 4.78 is 0. The topological polar surface area (TPSA) is 44.0 Å². The molecular formula is C31H44N4S2. The molecule has 0 bridgehead atoms. The van der Waals surface area contributed by atoms with Crippen LogP contribution in [0.4, 0.5) is 0 Å². The fraction of sp³-hybridized carbons (Fsp3) is 0.484. The zero-order chi connectivity index (χ0) is 26.1. The van der Waals surface area contributed by atoms with Crippen molar-refractivity contribution in [3.05, 3.63) is 60.7 Å². The number of benzene rings is 2. The van der Waals surface area contributed by atoms with Crippen LogP contribution in [0.1, 0.15) is 71.6 Å². The Labute approximate surface area is 234 Å². The van der Waals surface area contributed by atoms with Gasteiger partial charge in [0.2, 0.25) is 0 Å². The second-order valence-corrected chi connectivity index (χ2v) is 11.0. The molecule has 0 unspecified atom stereocenters. The zero-order valence-corrected chi connectivity index (χ0v) is 24.3. The molecule has 4 nitrogen and oxygen atoms in total. The highest BCUT2D eigenvalue weighted by Crippen LogP contribution is 2.32. The van der Waals surface area contributed by atoms with E-state index in [1.807, 2.05) is 17.8 Å². The number of unbranched alkanes of at least 4 members (excludes halogenated alkanes) is 6. The number of nitrogens with one attached hydrogen (secondary N) is 2. The van der Waals surface area contributed by atoms with Crippen molar-refractivity contribution >= 4 is 29.1 Å². The van der Waals surface area contributed by atoms with Gasteiger partial charge in [-0.1, -0.05) is 118 Å². The van der Waals surface area contributed by atoms with Gasteiger partial charge in [-0.05, 0) is 37.9 Å². The van der Waals surface area contributed by atoms with Crippen molar-refractivity contribution < 1.29 is 0 Å². The number of hydrogen-bond donors (Lipinski definition) is 2. The van der Waals surface area contributed by atoms with Gasteiger partial charge in [-0.15, -0.1) is 0 Å². The van der Waals surface area contributed by atoms with E-state index >= 15 is 0 Å². The number of imidazole rings is 1. The lowest BCUT2D eigenvalue weighted by Crippen LogP contribution is -2.41. The Kier molecular flexibility index (Phi) is 13.6. The van der Waals surface area contributed by atoms with Crippen molar-refractivity contribution in [1.29, 1.82) is 0 Å². The van der Waals surface area contributed by atoms with Crippen LogP contribution in [-0.2, 0) is 0 Å². The van der Waals surface area contributed by atoms with Crippen LogP contribution in [-0.4, -0.2) is 45.4 Å². The minimum absolute atomic E-state index is 0.934. The molecule has 37 heavy (non-hydrogen) atoms. The second-order valence-electron chi connectivity index (χ2n) is 9.54. The number of aromatic amines is 1. The highest BCUT2D eigenvalue weighted by atomic mass is 32.2. The van der Waals surface area contributed by atoms with Crippen molar-refractivity contribution in [3.8, 4) is 22.5 Å². The summed E-state index contributed by atoms with van der Waals surface area (Å²) in [7, 11) is 0. The summed E-state index contributed by atoms with van der Waals surface area (Å²) in [6.45, 7) is 7.54. The maximum absolute atomic E-state index is 5.70. The van der Waals surface area contributed by atoms with Gasteiger partial charge in [0, 0.05) is 36.5 Å². The fourth-order valence-corrected chi connectivity index (χ4v) is 5.51. The van der Waals surface area contributed by atoms with Crippen molar-refractivity contribution in [2.24, 2.45) is 0 Å². The van der Waals surface area contributed by atoms with Crippen LogP contribution in [0.15, 0.2) is 65.8 Å². The maximum atomic E-state index is 5.70. The summed E-state index contributed by atoms with van der Waals surface area (Å²) in [5, 5.41) is 5.36. The first-order valence-electron chi connectivity index (χ1n) is 14.1. The molecule has 3 aromatic rings. The van der Waals surface area contributed by atoms with Crippen molar-refractivity contribution in [2.75, 3.05) is 25.4 Å². The minimum Gasteiger partial charge on any atom is -0.363 e. The molecule has 2 aromatic carbocycles. The van der Waals surface area contributed by atoms with Crippen LogP contribution in [0.5, 0.6) is 0 Å². The molecule has 0 aliphatic heterocycles. The molecule has 0 saturated carbocycles. The molecule has 0 aliphatic carbocycles. The summed E-state index contributed by atoms with van der Waals surface area (Å²) in [5.41, 5.74) is 4.43. The minimum atomic E-state index is 0.934. The van der Waals surface area contributed by atoms with Gasteiger partial charge in [-0.25, -0.2) is 4.98 Å². The second kappa shape index (κ2) is 17.2. The predicted molar refractivity (Wildman–Crippen MR) is 165 cm³/mol. The van der Waals surface area contributed by atoms with E-state index in [2.05, 4.69) is 83.6 Å². The molecule has 2 N–H and O–H groups in total. The highest BCUT2D eigenvalue weighted by molar-refractivity contribution is 7.99. The Morgan fingerprint density at radius 3 is 2.08 bits per heavy atom. The average Bonchev–Trinajstić information content (AvgIpc) is 3.37. The van der Waals surface area contributed by atoms with Crippen LogP contribution >= 0.6 is 24.0 Å². The smallest absolute Gasteiger partial charge is 0.168 e. The third-order valence-corrected chi connectivity index (χ3v) is 7.81. The van der Waals surface area contributed by atoms with Gasteiger partial charge in [0.25, 0.3) is 0 Å². The number of thiocarbonyl (C=S) groups is 1. The average molecular weight is 537 g/mol. The largest absolute Gasteiger partial charge is 0.363 e. The summed E-state index contributed by atoms with van der Waals surface area (Å²) in [4.78, 5) is 11.0. The van der Waals surface area contributed by atoms with E-state index in [0.29, 0.717) is 0 Å². The predicted octanol–water partition coefficient (Wildman–Crippen LogP) is 8.56. The number of rotatable bonds is 17. The van der Waals surface area contributed by atoms with E-state index in [4.69, 9.17) is 17.2 Å². The van der Waals surface area contributed by atoms with Gasteiger partial charge in [0.15, 0.2) is 10.3 Å². The lowest BCUT2D eigenvalue weighted by molar-refractivity contribution is 0.382. The fourth-order valence-electron chi connectivity index (χ4n) is 4.35. The zero-order valence-electron chi connectivity index (χ0n) is 22.7. The normalized spacial score (nSPS) is 11.0. The Morgan fingerprint density at radius 1 is 0.811 bits per heavy atom. The standard InChI is InChI=1S/C31H44N4S2/c1-3-5-6-7-15-23-35(31(36)32-22-4-2)24-16-10-17-25-37-30-33-28(26-18-11-8-12-19-26)29(34-30)27-20-13-9-14-21-27/h8-9,11-14,18-21H,3-7,10,15-17,22-25H2,1-2H3,(H,32,36)(H,33,34). The molecule has 0 amide bonds. The highest BCUT2D eigenvalue weighted by Gasteiger charge is 2.14. The van der Waals surface area contributed by atoms with E-state index in [-0.39, 0.29) is 0 Å². The molecule has 0 radical (unpaired) electrons. The molecule has 3 rings (SSSR count). The van der Waals surface area contributed by atoms with Crippen LogP contribution in [0.3, 0.4) is 0 Å². The van der Waals surface area contributed by atoms with Gasteiger partial charge in [0.1, 0.15) is 0 Å². The molecule has 0 saturated heterocycles. The Morgan fingerprint density at radius 2 is 1.43 bits per heavy atom. The Bertz CT molecular complexity index is 963. The summed E-state index contributed by atoms with van der Waals surface area (Å²) in [6.07, 6.45) is 11.1. The molecule has 0 spiro atoms. The van der Waals surface area contributed by atoms with Gasteiger partial charge >= 0.3 is 0 Å². The van der Waals surface area contributed by atoms with Crippen molar-refractivity contribution in [2.45, 2.75) is 76.8 Å². The third kappa shape index (κ3) is 10.2. The molecule has 0 fully saturated rings. The van der Waals surface area contributed by atoms with Gasteiger partial charge in [-0.2, -0.15) is 0 Å². The van der Waals surface area contributed by atoms with E-state index in [0.717, 1.165) is 59.0 Å². The van der Waals surface area contributed by atoms with Gasteiger partial charge in [0.05, 0.1) is 11.4 Å².